The number of aromatic nitrogens is 2. The van der Waals surface area contributed by atoms with Crippen LogP contribution in [0.5, 0.6) is 0 Å². The molecule has 1 aromatic heterocycles. The fourth-order valence-corrected chi connectivity index (χ4v) is 0.903. The number of nitrogens with one attached hydrogen (secondary N) is 2. The zero-order chi connectivity index (χ0) is 12.0. The van der Waals surface area contributed by atoms with Crippen molar-refractivity contribution in [3.8, 4) is 0 Å². The summed E-state index contributed by atoms with van der Waals surface area (Å²) in [6.45, 7) is 1.60. The lowest BCUT2D eigenvalue weighted by atomic mass is 10.3. The molecule has 1 aromatic rings. The first-order valence-corrected chi connectivity index (χ1v) is 4.61. The van der Waals surface area contributed by atoms with Crippen molar-refractivity contribution in [2.24, 2.45) is 0 Å². The normalized spacial score (nSPS) is 11.6. The van der Waals surface area contributed by atoms with E-state index in [0.717, 1.165) is 0 Å². The van der Waals surface area contributed by atoms with Gasteiger partial charge in [0.1, 0.15) is 12.4 Å². The molecule has 0 unspecified atom stereocenters. The smallest absolute Gasteiger partial charge is 0.325 e. The number of aliphatic carboxylic acids is 1. The van der Waals surface area contributed by atoms with Gasteiger partial charge >= 0.3 is 12.0 Å². The Hall–Kier alpha value is -2.18. The van der Waals surface area contributed by atoms with E-state index < -0.39 is 18.0 Å². The lowest BCUT2D eigenvalue weighted by Crippen LogP contribution is -2.44. The monoisotopic (exact) mass is 224 g/mol. The van der Waals surface area contributed by atoms with Gasteiger partial charge < -0.3 is 15.7 Å². The summed E-state index contributed by atoms with van der Waals surface area (Å²) in [6, 6.07) is 0.180. The number of carboxylic acid groups (broad SMARTS) is 1. The second-order valence-corrected chi connectivity index (χ2v) is 3.09. The van der Waals surface area contributed by atoms with Crippen molar-refractivity contribution >= 4 is 12.0 Å². The van der Waals surface area contributed by atoms with Crippen molar-refractivity contribution in [1.29, 1.82) is 0 Å². The zero-order valence-corrected chi connectivity index (χ0v) is 8.67. The highest BCUT2D eigenvalue weighted by molar-refractivity contribution is 5.82. The number of nitrogens with zero attached hydrogens (tertiary/aromatic N) is 2. The molecule has 1 heterocycles. The molecule has 0 spiro atoms. The summed E-state index contributed by atoms with van der Waals surface area (Å²) in [7, 11) is 0. The molecule has 2 amide bonds. The Labute approximate surface area is 91.9 Å². The van der Waals surface area contributed by atoms with Crippen LogP contribution in [0.25, 0.3) is 0 Å². The van der Waals surface area contributed by atoms with Crippen LogP contribution in [0.4, 0.5) is 4.79 Å². The van der Waals surface area contributed by atoms with Crippen LogP contribution in [-0.2, 0) is 11.3 Å². The minimum absolute atomic E-state index is 0.223. The molecule has 0 aliphatic carbocycles. The van der Waals surface area contributed by atoms with E-state index in [4.69, 9.17) is 5.11 Å². The van der Waals surface area contributed by atoms with E-state index in [9.17, 15) is 9.59 Å². The van der Waals surface area contributed by atoms with E-state index in [1.54, 1.807) is 12.3 Å². The van der Waals surface area contributed by atoms with Crippen LogP contribution < -0.4 is 10.6 Å². The van der Waals surface area contributed by atoms with Gasteiger partial charge in [-0.05, 0) is 13.0 Å². The van der Waals surface area contributed by atoms with Gasteiger partial charge in [-0.2, -0.15) is 0 Å². The van der Waals surface area contributed by atoms with Crippen LogP contribution in [0.2, 0.25) is 0 Å². The van der Waals surface area contributed by atoms with Crippen molar-refractivity contribution in [3.63, 3.8) is 0 Å². The van der Waals surface area contributed by atoms with Crippen LogP contribution in [0.15, 0.2) is 18.6 Å². The SMILES string of the molecule is C[C@H](NC(=O)NCc1ccncn1)C(=O)O. The van der Waals surface area contributed by atoms with Gasteiger partial charge in [0, 0.05) is 6.20 Å². The van der Waals surface area contributed by atoms with E-state index in [0.29, 0.717) is 5.69 Å². The molecule has 3 N–H and O–H groups in total. The maximum atomic E-state index is 11.2. The molecular formula is C9H12N4O3. The summed E-state index contributed by atoms with van der Waals surface area (Å²) in [6.07, 6.45) is 2.93. The Morgan fingerprint density at radius 2 is 2.31 bits per heavy atom. The molecule has 0 fully saturated rings. The highest BCUT2D eigenvalue weighted by Gasteiger charge is 2.13. The maximum absolute atomic E-state index is 11.2. The van der Waals surface area contributed by atoms with E-state index in [-0.39, 0.29) is 6.54 Å². The van der Waals surface area contributed by atoms with Crippen molar-refractivity contribution in [1.82, 2.24) is 20.6 Å². The molecule has 0 saturated heterocycles. The largest absolute Gasteiger partial charge is 0.480 e. The lowest BCUT2D eigenvalue weighted by molar-refractivity contribution is -0.138. The van der Waals surface area contributed by atoms with Gasteiger partial charge in [0.25, 0.3) is 0 Å². The van der Waals surface area contributed by atoms with Gasteiger partial charge in [0.05, 0.1) is 12.2 Å². The molecule has 7 nitrogen and oxygen atoms in total. The molecule has 0 radical (unpaired) electrons. The standard InChI is InChI=1S/C9H12N4O3/c1-6(8(14)15)13-9(16)11-4-7-2-3-10-5-12-7/h2-3,5-6H,4H2,1H3,(H,14,15)(H2,11,13,16)/t6-/m0/s1. The molecule has 0 aromatic carbocycles. The number of amides is 2. The molecule has 0 saturated carbocycles. The average molecular weight is 224 g/mol. The number of rotatable bonds is 4. The van der Waals surface area contributed by atoms with Crippen LogP contribution in [0, 0.1) is 0 Å². The van der Waals surface area contributed by atoms with Crippen molar-refractivity contribution < 1.29 is 14.7 Å². The maximum Gasteiger partial charge on any atom is 0.325 e. The van der Waals surface area contributed by atoms with Crippen LogP contribution in [-0.4, -0.2) is 33.1 Å². The Balaban J connectivity index is 2.33. The predicted octanol–water partition coefficient (Wildman–Crippen LogP) is -0.251. The number of carbonyl (C=O) groups excluding carboxylic acids is 1. The van der Waals surface area contributed by atoms with Gasteiger partial charge in [-0.25, -0.2) is 14.8 Å². The number of urea groups is 1. The van der Waals surface area contributed by atoms with Crippen LogP contribution >= 0.6 is 0 Å². The molecule has 7 heteroatoms. The zero-order valence-electron chi connectivity index (χ0n) is 8.67. The Morgan fingerprint density at radius 3 is 2.88 bits per heavy atom. The third-order valence-electron chi connectivity index (χ3n) is 1.79. The van der Waals surface area contributed by atoms with E-state index in [2.05, 4.69) is 20.6 Å². The summed E-state index contributed by atoms with van der Waals surface area (Å²) in [5.41, 5.74) is 0.646. The minimum Gasteiger partial charge on any atom is -0.480 e. The topological polar surface area (TPSA) is 104 Å². The molecule has 86 valence electrons. The van der Waals surface area contributed by atoms with Gasteiger partial charge in [-0.3, -0.25) is 4.79 Å². The summed E-state index contributed by atoms with van der Waals surface area (Å²) >= 11 is 0. The summed E-state index contributed by atoms with van der Waals surface area (Å²) in [5, 5.41) is 13.3. The van der Waals surface area contributed by atoms with E-state index >= 15 is 0 Å². The fraction of sp³-hybridized carbons (Fsp3) is 0.333. The molecule has 0 aliphatic rings. The van der Waals surface area contributed by atoms with Gasteiger partial charge in [-0.1, -0.05) is 0 Å². The molecule has 0 aliphatic heterocycles. The van der Waals surface area contributed by atoms with Crippen molar-refractivity contribution in [2.75, 3.05) is 0 Å². The first-order chi connectivity index (χ1) is 7.59. The molecule has 1 rings (SSSR count). The summed E-state index contributed by atoms with van der Waals surface area (Å²) in [5.74, 6) is -1.09. The second-order valence-electron chi connectivity index (χ2n) is 3.09. The number of carbonyl (C=O) groups is 2. The van der Waals surface area contributed by atoms with Crippen LogP contribution in [0.3, 0.4) is 0 Å². The van der Waals surface area contributed by atoms with Gasteiger partial charge in [-0.15, -0.1) is 0 Å². The Kier molecular flexibility index (Phi) is 4.19. The Bertz CT molecular complexity index is 368. The summed E-state index contributed by atoms with van der Waals surface area (Å²) in [4.78, 5) is 29.3. The first-order valence-electron chi connectivity index (χ1n) is 4.61. The van der Waals surface area contributed by atoms with Gasteiger partial charge in [0.2, 0.25) is 0 Å². The molecule has 0 bridgehead atoms. The highest BCUT2D eigenvalue weighted by Crippen LogP contribution is 1.89. The number of hydrogen-bond donors (Lipinski definition) is 3. The number of hydrogen-bond acceptors (Lipinski definition) is 4. The van der Waals surface area contributed by atoms with E-state index in [1.165, 1.54) is 13.3 Å². The summed E-state index contributed by atoms with van der Waals surface area (Å²) < 4.78 is 0. The third-order valence-corrected chi connectivity index (χ3v) is 1.79. The first kappa shape index (κ1) is 11.9. The lowest BCUT2D eigenvalue weighted by Gasteiger charge is -2.10. The van der Waals surface area contributed by atoms with Crippen molar-refractivity contribution in [2.45, 2.75) is 19.5 Å². The van der Waals surface area contributed by atoms with Crippen molar-refractivity contribution in [3.05, 3.63) is 24.3 Å². The highest BCUT2D eigenvalue weighted by atomic mass is 16.4. The molecular weight excluding hydrogens is 212 g/mol. The second kappa shape index (κ2) is 5.64. The van der Waals surface area contributed by atoms with Gasteiger partial charge in [0.15, 0.2) is 0 Å². The third kappa shape index (κ3) is 3.91. The molecule has 16 heavy (non-hydrogen) atoms. The quantitative estimate of drug-likeness (QED) is 0.654. The fourth-order valence-electron chi connectivity index (χ4n) is 0.903. The average Bonchev–Trinajstić information content (AvgIpc) is 2.27. The molecule has 1 atom stereocenters. The van der Waals surface area contributed by atoms with Crippen LogP contribution in [0.1, 0.15) is 12.6 Å². The minimum atomic E-state index is -1.09. The Morgan fingerprint density at radius 1 is 1.56 bits per heavy atom. The predicted molar refractivity (Wildman–Crippen MR) is 54.5 cm³/mol. The van der Waals surface area contributed by atoms with E-state index in [1.807, 2.05) is 0 Å². The number of carboxylic acids is 1.